The first-order valence-corrected chi connectivity index (χ1v) is 7.65. The van der Waals surface area contributed by atoms with E-state index in [1.54, 1.807) is 42.5 Å². The van der Waals surface area contributed by atoms with Crippen molar-refractivity contribution in [2.24, 2.45) is 11.7 Å². The number of benzene rings is 2. The average Bonchev–Trinajstić information content (AvgIpc) is 2.54. The second-order valence-corrected chi connectivity index (χ2v) is 5.75. The Hall–Kier alpha value is -3.02. The summed E-state index contributed by atoms with van der Waals surface area (Å²) >= 11 is 0. The number of hydrogen-bond acceptors (Lipinski definition) is 3. The summed E-state index contributed by atoms with van der Waals surface area (Å²) in [5.41, 5.74) is 6.73. The molecule has 0 saturated heterocycles. The summed E-state index contributed by atoms with van der Waals surface area (Å²) in [6.45, 7) is 4.72. The summed E-state index contributed by atoms with van der Waals surface area (Å²) < 4.78 is 5.63. The maximum absolute atomic E-state index is 12.3. The van der Waals surface area contributed by atoms with E-state index in [-0.39, 0.29) is 5.91 Å². The topological polar surface area (TPSA) is 93.4 Å². The van der Waals surface area contributed by atoms with Crippen LogP contribution in [-0.2, 0) is 0 Å². The molecule has 126 valence electrons. The number of carbonyl (C=O) groups excluding carboxylic acids is 2. The molecule has 0 aromatic heterocycles. The van der Waals surface area contributed by atoms with Crippen LogP contribution in [0.5, 0.6) is 5.75 Å². The van der Waals surface area contributed by atoms with Crippen molar-refractivity contribution in [3.63, 3.8) is 0 Å². The molecule has 0 saturated carbocycles. The number of primary amides is 1. The molecular weight excluding hydrogens is 306 g/mol. The van der Waals surface area contributed by atoms with Gasteiger partial charge in [-0.1, -0.05) is 19.9 Å². The van der Waals surface area contributed by atoms with Crippen molar-refractivity contribution in [2.45, 2.75) is 13.8 Å². The van der Waals surface area contributed by atoms with Crippen molar-refractivity contribution >= 4 is 23.3 Å². The van der Waals surface area contributed by atoms with Crippen LogP contribution in [-0.4, -0.2) is 18.5 Å². The fourth-order valence-corrected chi connectivity index (χ4v) is 1.97. The van der Waals surface area contributed by atoms with Crippen molar-refractivity contribution in [1.29, 1.82) is 0 Å². The lowest BCUT2D eigenvalue weighted by Gasteiger charge is -2.10. The molecular formula is C18H21N3O3. The Morgan fingerprint density at radius 1 is 1.04 bits per heavy atom. The number of anilines is 2. The zero-order valence-electron chi connectivity index (χ0n) is 13.7. The molecule has 0 unspecified atom stereocenters. The summed E-state index contributed by atoms with van der Waals surface area (Å²) in [6.07, 6.45) is 0. The van der Waals surface area contributed by atoms with E-state index < -0.39 is 6.03 Å². The molecule has 4 N–H and O–H groups in total. The number of nitrogens with two attached hydrogens (primary N) is 1. The van der Waals surface area contributed by atoms with Crippen LogP contribution in [0.3, 0.4) is 0 Å². The molecule has 24 heavy (non-hydrogen) atoms. The molecule has 2 rings (SSSR count). The van der Waals surface area contributed by atoms with Gasteiger partial charge >= 0.3 is 6.03 Å². The van der Waals surface area contributed by atoms with E-state index in [1.807, 2.05) is 6.07 Å². The van der Waals surface area contributed by atoms with Gasteiger partial charge < -0.3 is 21.1 Å². The van der Waals surface area contributed by atoms with Gasteiger partial charge in [0.2, 0.25) is 0 Å². The quantitative estimate of drug-likeness (QED) is 0.758. The number of nitrogens with one attached hydrogen (secondary N) is 2. The van der Waals surface area contributed by atoms with Gasteiger partial charge in [-0.05, 0) is 48.4 Å². The Balaban J connectivity index is 2.01. The standard InChI is InChI=1S/C18H21N3O3/c1-12(2)11-24-16-5-3-4-13(10-16)17(22)20-14-6-8-15(9-7-14)21-18(19)23/h3-10,12H,11H2,1-2H3,(H,20,22)(H3,19,21,23). The van der Waals surface area contributed by atoms with E-state index in [4.69, 9.17) is 10.5 Å². The summed E-state index contributed by atoms with van der Waals surface area (Å²) in [4.78, 5) is 23.1. The van der Waals surface area contributed by atoms with Crippen LogP contribution < -0.4 is 21.1 Å². The fourth-order valence-electron chi connectivity index (χ4n) is 1.97. The Morgan fingerprint density at radius 3 is 2.25 bits per heavy atom. The van der Waals surface area contributed by atoms with Gasteiger partial charge in [0.25, 0.3) is 5.91 Å². The molecule has 6 heteroatoms. The van der Waals surface area contributed by atoms with E-state index in [1.165, 1.54) is 0 Å². The smallest absolute Gasteiger partial charge is 0.316 e. The maximum atomic E-state index is 12.3. The van der Waals surface area contributed by atoms with Gasteiger partial charge in [0.1, 0.15) is 5.75 Å². The van der Waals surface area contributed by atoms with Crippen LogP contribution >= 0.6 is 0 Å². The lowest BCUT2D eigenvalue weighted by atomic mass is 10.2. The number of rotatable bonds is 6. The van der Waals surface area contributed by atoms with E-state index in [2.05, 4.69) is 24.5 Å². The molecule has 3 amide bonds. The number of hydrogen-bond donors (Lipinski definition) is 3. The third-order valence-electron chi connectivity index (χ3n) is 3.09. The first-order valence-electron chi connectivity index (χ1n) is 7.65. The summed E-state index contributed by atoms with van der Waals surface area (Å²) in [7, 11) is 0. The van der Waals surface area contributed by atoms with Crippen LogP contribution in [0.4, 0.5) is 16.2 Å². The highest BCUT2D eigenvalue weighted by Gasteiger charge is 2.08. The second kappa shape index (κ2) is 8.01. The zero-order valence-corrected chi connectivity index (χ0v) is 13.7. The highest BCUT2D eigenvalue weighted by atomic mass is 16.5. The van der Waals surface area contributed by atoms with Crippen molar-refractivity contribution in [3.8, 4) is 5.75 Å². The third-order valence-corrected chi connectivity index (χ3v) is 3.09. The number of carbonyl (C=O) groups is 2. The molecule has 0 fully saturated rings. The van der Waals surface area contributed by atoms with E-state index in [0.717, 1.165) is 0 Å². The minimum Gasteiger partial charge on any atom is -0.493 e. The monoisotopic (exact) mass is 327 g/mol. The van der Waals surface area contributed by atoms with Crippen molar-refractivity contribution in [1.82, 2.24) is 0 Å². The summed E-state index contributed by atoms with van der Waals surface area (Å²) in [5, 5.41) is 5.25. The number of ether oxygens (including phenoxy) is 1. The summed E-state index contributed by atoms with van der Waals surface area (Å²) in [6, 6.07) is 13.1. The predicted molar refractivity (Wildman–Crippen MR) is 94.4 cm³/mol. The molecule has 0 spiro atoms. The molecule has 6 nitrogen and oxygen atoms in total. The Kier molecular flexibility index (Phi) is 5.78. The lowest BCUT2D eigenvalue weighted by molar-refractivity contribution is 0.102. The van der Waals surface area contributed by atoms with Crippen LogP contribution in [0.15, 0.2) is 48.5 Å². The Labute approximate surface area is 141 Å². The van der Waals surface area contributed by atoms with Crippen LogP contribution in [0.25, 0.3) is 0 Å². The highest BCUT2D eigenvalue weighted by molar-refractivity contribution is 6.04. The number of urea groups is 1. The number of amides is 3. The van der Waals surface area contributed by atoms with Gasteiger partial charge in [-0.2, -0.15) is 0 Å². The van der Waals surface area contributed by atoms with Crippen molar-refractivity contribution < 1.29 is 14.3 Å². The SMILES string of the molecule is CC(C)COc1cccc(C(=O)Nc2ccc(NC(N)=O)cc2)c1. The van der Waals surface area contributed by atoms with Crippen LogP contribution in [0.2, 0.25) is 0 Å². The van der Waals surface area contributed by atoms with Crippen molar-refractivity contribution in [3.05, 3.63) is 54.1 Å². The van der Waals surface area contributed by atoms with Gasteiger partial charge in [-0.3, -0.25) is 4.79 Å². The fraction of sp³-hybridized carbons (Fsp3) is 0.222. The molecule has 0 atom stereocenters. The van der Waals surface area contributed by atoms with E-state index >= 15 is 0 Å². The maximum Gasteiger partial charge on any atom is 0.316 e. The molecule has 0 radical (unpaired) electrons. The van der Waals surface area contributed by atoms with Gasteiger partial charge in [0.05, 0.1) is 6.61 Å². The van der Waals surface area contributed by atoms with E-state index in [0.29, 0.717) is 35.2 Å². The van der Waals surface area contributed by atoms with Crippen LogP contribution in [0, 0.1) is 5.92 Å². The largest absolute Gasteiger partial charge is 0.493 e. The van der Waals surface area contributed by atoms with Crippen LogP contribution in [0.1, 0.15) is 24.2 Å². The minimum absolute atomic E-state index is 0.236. The normalized spacial score (nSPS) is 10.3. The molecule has 2 aromatic rings. The zero-order chi connectivity index (χ0) is 17.5. The molecule has 0 aliphatic rings. The second-order valence-electron chi connectivity index (χ2n) is 5.75. The predicted octanol–water partition coefficient (Wildman–Crippen LogP) is 3.46. The minimum atomic E-state index is -0.634. The Bertz CT molecular complexity index is 712. The third kappa shape index (κ3) is 5.31. The van der Waals surface area contributed by atoms with Gasteiger partial charge in [-0.15, -0.1) is 0 Å². The first kappa shape index (κ1) is 17.3. The van der Waals surface area contributed by atoms with Gasteiger partial charge in [0.15, 0.2) is 0 Å². The first-order chi connectivity index (χ1) is 11.4. The highest BCUT2D eigenvalue weighted by Crippen LogP contribution is 2.17. The average molecular weight is 327 g/mol. The molecule has 0 heterocycles. The van der Waals surface area contributed by atoms with Gasteiger partial charge in [-0.25, -0.2) is 4.79 Å². The molecule has 2 aromatic carbocycles. The van der Waals surface area contributed by atoms with Crippen molar-refractivity contribution in [2.75, 3.05) is 17.2 Å². The Morgan fingerprint density at radius 2 is 1.67 bits per heavy atom. The lowest BCUT2D eigenvalue weighted by Crippen LogP contribution is -2.19. The van der Waals surface area contributed by atoms with E-state index in [9.17, 15) is 9.59 Å². The molecule has 0 aliphatic heterocycles. The molecule has 0 bridgehead atoms. The summed E-state index contributed by atoms with van der Waals surface area (Å²) in [5.74, 6) is 0.841. The molecule has 0 aliphatic carbocycles. The van der Waals surface area contributed by atoms with Gasteiger partial charge in [0, 0.05) is 16.9 Å².